The van der Waals surface area contributed by atoms with Gasteiger partial charge in [-0.1, -0.05) is 18.0 Å². The van der Waals surface area contributed by atoms with Crippen LogP contribution in [0, 0.1) is 0 Å². The summed E-state index contributed by atoms with van der Waals surface area (Å²) >= 11 is 5.75. The average molecular weight is 267 g/mol. The van der Waals surface area contributed by atoms with Gasteiger partial charge < -0.3 is 0 Å². The highest BCUT2D eigenvalue weighted by Gasteiger charge is 2.28. The lowest BCUT2D eigenvalue weighted by Crippen LogP contribution is -2.54. The van der Waals surface area contributed by atoms with Crippen LogP contribution in [0.15, 0.2) is 12.1 Å². The van der Waals surface area contributed by atoms with E-state index in [1.165, 1.54) is 38.9 Å². The molecule has 0 amide bonds. The fourth-order valence-electron chi connectivity index (χ4n) is 3.02. The summed E-state index contributed by atoms with van der Waals surface area (Å²) in [5.41, 5.74) is 1.02. The third-order valence-electron chi connectivity index (χ3n) is 3.99. The number of rotatable bonds is 2. The molecule has 0 saturated carbocycles. The van der Waals surface area contributed by atoms with Gasteiger partial charge >= 0.3 is 0 Å². The molecule has 4 nitrogen and oxygen atoms in total. The predicted molar refractivity (Wildman–Crippen MR) is 71.5 cm³/mol. The smallest absolute Gasteiger partial charge is 0.151 e. The summed E-state index contributed by atoms with van der Waals surface area (Å²) in [6.07, 6.45) is 4.11. The molecule has 98 valence electrons. The molecule has 2 aliphatic rings. The fraction of sp³-hybridized carbons (Fsp3) is 0.692. The van der Waals surface area contributed by atoms with Gasteiger partial charge in [-0.3, -0.25) is 9.80 Å². The molecule has 3 rings (SSSR count). The highest BCUT2D eigenvalue weighted by Crippen LogP contribution is 2.21. The predicted octanol–water partition coefficient (Wildman–Crippen LogP) is 1.80. The maximum atomic E-state index is 5.75. The molecule has 2 aliphatic heterocycles. The van der Waals surface area contributed by atoms with Crippen molar-refractivity contribution >= 4 is 11.6 Å². The summed E-state index contributed by atoms with van der Waals surface area (Å²) in [5, 5.41) is 8.51. The largest absolute Gasteiger partial charge is 0.298 e. The summed E-state index contributed by atoms with van der Waals surface area (Å²) in [6, 6.07) is 4.55. The fourth-order valence-corrected chi connectivity index (χ4v) is 3.12. The Hall–Kier alpha value is -0.710. The Morgan fingerprint density at radius 2 is 2.11 bits per heavy atom. The van der Waals surface area contributed by atoms with E-state index in [0.29, 0.717) is 5.15 Å². The summed E-state index contributed by atoms with van der Waals surface area (Å²) in [4.78, 5) is 5.14. The van der Waals surface area contributed by atoms with E-state index in [1.807, 2.05) is 12.1 Å². The number of hydrogen-bond donors (Lipinski definition) is 0. The van der Waals surface area contributed by atoms with E-state index in [4.69, 9.17) is 11.6 Å². The molecule has 3 heterocycles. The third kappa shape index (κ3) is 2.82. The minimum absolute atomic E-state index is 0.468. The summed E-state index contributed by atoms with van der Waals surface area (Å²) < 4.78 is 0. The SMILES string of the molecule is Clc1ccc(CN2CCN3CCCCC3C2)nn1. The van der Waals surface area contributed by atoms with Crippen LogP contribution in [0.5, 0.6) is 0 Å². The number of nitrogens with zero attached hydrogens (tertiary/aromatic N) is 4. The summed E-state index contributed by atoms with van der Waals surface area (Å²) in [6.45, 7) is 5.70. The molecule has 0 radical (unpaired) electrons. The minimum Gasteiger partial charge on any atom is -0.298 e. The van der Waals surface area contributed by atoms with Gasteiger partial charge in [0.1, 0.15) is 0 Å². The normalized spacial score (nSPS) is 25.9. The highest BCUT2D eigenvalue weighted by atomic mass is 35.5. The van der Waals surface area contributed by atoms with Crippen molar-refractivity contribution in [2.75, 3.05) is 26.2 Å². The Balaban J connectivity index is 1.59. The molecule has 1 aromatic rings. The average Bonchev–Trinajstić information content (AvgIpc) is 2.41. The van der Waals surface area contributed by atoms with Crippen molar-refractivity contribution in [1.82, 2.24) is 20.0 Å². The van der Waals surface area contributed by atoms with Gasteiger partial charge in [-0.05, 0) is 31.5 Å². The molecule has 0 aromatic carbocycles. The second-order valence-electron chi connectivity index (χ2n) is 5.27. The van der Waals surface area contributed by atoms with Gasteiger partial charge in [-0.2, -0.15) is 5.10 Å². The number of halogens is 1. The van der Waals surface area contributed by atoms with Gasteiger partial charge in [0.2, 0.25) is 0 Å². The van der Waals surface area contributed by atoms with Crippen molar-refractivity contribution in [3.8, 4) is 0 Å². The molecule has 1 unspecified atom stereocenters. The van der Waals surface area contributed by atoms with Gasteiger partial charge in [-0.15, -0.1) is 5.10 Å². The Morgan fingerprint density at radius 3 is 2.94 bits per heavy atom. The van der Waals surface area contributed by atoms with Crippen LogP contribution >= 0.6 is 11.6 Å². The zero-order valence-electron chi connectivity index (χ0n) is 10.6. The number of fused-ring (bicyclic) bond motifs is 1. The molecule has 0 aliphatic carbocycles. The molecule has 0 bridgehead atoms. The number of aromatic nitrogens is 2. The van der Waals surface area contributed by atoms with Crippen LogP contribution < -0.4 is 0 Å². The molecular formula is C13H19ClN4. The topological polar surface area (TPSA) is 32.3 Å². The van der Waals surface area contributed by atoms with E-state index in [2.05, 4.69) is 20.0 Å². The Labute approximate surface area is 113 Å². The highest BCUT2D eigenvalue weighted by molar-refractivity contribution is 6.29. The van der Waals surface area contributed by atoms with Crippen molar-refractivity contribution in [3.05, 3.63) is 23.0 Å². The van der Waals surface area contributed by atoms with E-state index in [1.54, 1.807) is 0 Å². The molecule has 18 heavy (non-hydrogen) atoms. The standard InChI is InChI=1S/C13H19ClN4/c14-13-5-4-11(15-16-13)9-17-7-8-18-6-2-1-3-12(18)10-17/h4-5,12H,1-3,6-10H2. The van der Waals surface area contributed by atoms with Crippen molar-refractivity contribution in [2.24, 2.45) is 0 Å². The first-order valence-corrected chi connectivity index (χ1v) is 7.13. The first kappa shape index (κ1) is 12.3. The van der Waals surface area contributed by atoms with Gasteiger partial charge in [-0.25, -0.2) is 0 Å². The van der Waals surface area contributed by atoms with Gasteiger partial charge in [0.15, 0.2) is 5.15 Å². The molecule has 2 saturated heterocycles. The lowest BCUT2D eigenvalue weighted by molar-refractivity contribution is 0.0450. The molecule has 0 N–H and O–H groups in total. The van der Waals surface area contributed by atoms with Crippen LogP contribution in [0.3, 0.4) is 0 Å². The van der Waals surface area contributed by atoms with Crippen molar-refractivity contribution in [2.45, 2.75) is 31.8 Å². The first-order chi connectivity index (χ1) is 8.81. The van der Waals surface area contributed by atoms with Gasteiger partial charge in [0.25, 0.3) is 0 Å². The molecule has 2 fully saturated rings. The van der Waals surface area contributed by atoms with E-state index < -0.39 is 0 Å². The van der Waals surface area contributed by atoms with Gasteiger partial charge in [0.05, 0.1) is 5.69 Å². The Morgan fingerprint density at radius 1 is 1.17 bits per heavy atom. The number of piperidine rings is 1. The van der Waals surface area contributed by atoms with Crippen LogP contribution in [-0.4, -0.2) is 52.2 Å². The summed E-state index contributed by atoms with van der Waals surface area (Å²) in [5.74, 6) is 0. The monoisotopic (exact) mass is 266 g/mol. The van der Waals surface area contributed by atoms with Crippen LogP contribution in [0.4, 0.5) is 0 Å². The van der Waals surface area contributed by atoms with E-state index in [9.17, 15) is 0 Å². The second kappa shape index (κ2) is 5.51. The van der Waals surface area contributed by atoms with Crippen LogP contribution in [-0.2, 0) is 6.54 Å². The molecule has 1 aromatic heterocycles. The summed E-state index contributed by atoms with van der Waals surface area (Å²) in [7, 11) is 0. The maximum absolute atomic E-state index is 5.75. The maximum Gasteiger partial charge on any atom is 0.151 e. The zero-order chi connectivity index (χ0) is 12.4. The van der Waals surface area contributed by atoms with Crippen molar-refractivity contribution in [1.29, 1.82) is 0 Å². The van der Waals surface area contributed by atoms with E-state index >= 15 is 0 Å². The van der Waals surface area contributed by atoms with Crippen LogP contribution in [0.1, 0.15) is 25.0 Å². The second-order valence-corrected chi connectivity index (χ2v) is 5.66. The molecular weight excluding hydrogens is 248 g/mol. The molecule has 1 atom stereocenters. The van der Waals surface area contributed by atoms with E-state index in [-0.39, 0.29) is 0 Å². The zero-order valence-corrected chi connectivity index (χ0v) is 11.3. The van der Waals surface area contributed by atoms with Crippen LogP contribution in [0.2, 0.25) is 5.15 Å². The van der Waals surface area contributed by atoms with Crippen molar-refractivity contribution < 1.29 is 0 Å². The number of piperazine rings is 1. The minimum atomic E-state index is 0.468. The van der Waals surface area contributed by atoms with Crippen molar-refractivity contribution in [3.63, 3.8) is 0 Å². The lowest BCUT2D eigenvalue weighted by Gasteiger charge is -2.43. The lowest BCUT2D eigenvalue weighted by atomic mass is 9.99. The quantitative estimate of drug-likeness (QED) is 0.817. The Kier molecular flexibility index (Phi) is 3.77. The Bertz CT molecular complexity index is 394. The van der Waals surface area contributed by atoms with Gasteiger partial charge in [0, 0.05) is 32.2 Å². The first-order valence-electron chi connectivity index (χ1n) is 6.76. The van der Waals surface area contributed by atoms with Crippen LogP contribution in [0.25, 0.3) is 0 Å². The van der Waals surface area contributed by atoms with E-state index in [0.717, 1.165) is 24.8 Å². The molecule has 5 heteroatoms. The third-order valence-corrected chi connectivity index (χ3v) is 4.20. The number of hydrogen-bond acceptors (Lipinski definition) is 4. The molecule has 0 spiro atoms.